The Kier molecular flexibility index (Phi) is 2.81. The third-order valence-corrected chi connectivity index (χ3v) is 1.46. The van der Waals surface area contributed by atoms with Crippen molar-refractivity contribution in [2.75, 3.05) is 0 Å². The lowest BCUT2D eigenvalue weighted by Gasteiger charge is -1.99. The molecular formula is C9H6F2O3. The molecule has 74 valence electrons. The second-order valence-electron chi connectivity index (χ2n) is 2.50. The topological polar surface area (TPSA) is 57.5 Å². The Bertz CT molecular complexity index is 399. The van der Waals surface area contributed by atoms with Crippen molar-refractivity contribution < 1.29 is 23.8 Å². The summed E-state index contributed by atoms with van der Waals surface area (Å²) in [6.07, 6.45) is 1.58. The summed E-state index contributed by atoms with van der Waals surface area (Å²) in [7, 11) is 0. The standard InChI is InChI=1S/C9H6F2O3/c10-6-3-5(1-2-8(12)13)9(14)7(11)4-6/h1-4,14H,(H,12,13). The highest BCUT2D eigenvalue weighted by Crippen LogP contribution is 2.23. The Morgan fingerprint density at radius 1 is 1.36 bits per heavy atom. The largest absolute Gasteiger partial charge is 0.504 e. The second kappa shape index (κ2) is 3.87. The number of benzene rings is 1. The first-order valence-corrected chi connectivity index (χ1v) is 3.59. The quantitative estimate of drug-likeness (QED) is 0.715. The van der Waals surface area contributed by atoms with Crippen LogP contribution in [-0.2, 0) is 4.79 Å². The first kappa shape index (κ1) is 10.2. The van der Waals surface area contributed by atoms with Gasteiger partial charge in [-0.15, -0.1) is 0 Å². The van der Waals surface area contributed by atoms with Crippen molar-refractivity contribution in [3.05, 3.63) is 35.4 Å². The Hall–Kier alpha value is -1.91. The fraction of sp³-hybridized carbons (Fsp3) is 0. The van der Waals surface area contributed by atoms with Gasteiger partial charge in [-0.2, -0.15) is 0 Å². The number of aromatic hydroxyl groups is 1. The molecule has 1 aromatic rings. The van der Waals surface area contributed by atoms with Crippen LogP contribution in [0, 0.1) is 11.6 Å². The number of carboxylic acids is 1. The molecule has 0 aliphatic carbocycles. The van der Waals surface area contributed by atoms with Crippen LogP contribution in [-0.4, -0.2) is 16.2 Å². The monoisotopic (exact) mass is 200 g/mol. The van der Waals surface area contributed by atoms with Gasteiger partial charge in [-0.25, -0.2) is 13.6 Å². The molecule has 0 amide bonds. The number of halogens is 2. The number of phenolic OH excluding ortho intramolecular Hbond substituents is 1. The third kappa shape index (κ3) is 2.29. The highest BCUT2D eigenvalue weighted by Gasteiger charge is 2.07. The molecule has 2 N–H and O–H groups in total. The Labute approximate surface area is 77.9 Å². The summed E-state index contributed by atoms with van der Waals surface area (Å²) in [6, 6.07) is 1.34. The van der Waals surface area contributed by atoms with Gasteiger partial charge in [0.05, 0.1) is 0 Å². The molecule has 1 aromatic carbocycles. The molecular weight excluding hydrogens is 194 g/mol. The van der Waals surface area contributed by atoms with Crippen LogP contribution in [0.4, 0.5) is 8.78 Å². The van der Waals surface area contributed by atoms with Crippen molar-refractivity contribution in [2.24, 2.45) is 0 Å². The lowest BCUT2D eigenvalue weighted by atomic mass is 10.1. The summed E-state index contributed by atoms with van der Waals surface area (Å²) in [4.78, 5) is 10.1. The summed E-state index contributed by atoms with van der Waals surface area (Å²) in [6.45, 7) is 0. The SMILES string of the molecule is O=C(O)C=Cc1cc(F)cc(F)c1O. The number of rotatable bonds is 2. The van der Waals surface area contributed by atoms with Crippen LogP contribution in [0.1, 0.15) is 5.56 Å². The number of carboxylic acid groups (broad SMARTS) is 1. The zero-order valence-electron chi connectivity index (χ0n) is 6.87. The lowest BCUT2D eigenvalue weighted by Crippen LogP contribution is -1.88. The second-order valence-corrected chi connectivity index (χ2v) is 2.50. The number of hydrogen-bond donors (Lipinski definition) is 2. The molecule has 0 unspecified atom stereocenters. The van der Waals surface area contributed by atoms with Gasteiger partial charge in [0.2, 0.25) is 0 Å². The van der Waals surface area contributed by atoms with E-state index in [-0.39, 0.29) is 5.56 Å². The minimum Gasteiger partial charge on any atom is -0.504 e. The average Bonchev–Trinajstić information content (AvgIpc) is 2.08. The van der Waals surface area contributed by atoms with Crippen LogP contribution in [0.5, 0.6) is 5.75 Å². The van der Waals surface area contributed by atoms with E-state index in [9.17, 15) is 13.6 Å². The normalized spacial score (nSPS) is 10.7. The third-order valence-electron chi connectivity index (χ3n) is 1.46. The van der Waals surface area contributed by atoms with E-state index in [1.54, 1.807) is 0 Å². The summed E-state index contributed by atoms with van der Waals surface area (Å²) < 4.78 is 25.3. The smallest absolute Gasteiger partial charge is 0.328 e. The van der Waals surface area contributed by atoms with Crippen LogP contribution >= 0.6 is 0 Å². The molecule has 0 heterocycles. The molecule has 0 spiro atoms. The summed E-state index contributed by atoms with van der Waals surface area (Å²) in [5, 5.41) is 17.3. The molecule has 3 nitrogen and oxygen atoms in total. The van der Waals surface area contributed by atoms with Gasteiger partial charge in [-0.1, -0.05) is 0 Å². The summed E-state index contributed by atoms with van der Waals surface area (Å²) >= 11 is 0. The zero-order chi connectivity index (χ0) is 10.7. The predicted octanol–water partition coefficient (Wildman–Crippen LogP) is 1.77. The van der Waals surface area contributed by atoms with Crippen molar-refractivity contribution >= 4 is 12.0 Å². The fourth-order valence-corrected chi connectivity index (χ4v) is 0.874. The van der Waals surface area contributed by atoms with Crippen LogP contribution in [0.3, 0.4) is 0 Å². The highest BCUT2D eigenvalue weighted by molar-refractivity contribution is 5.85. The van der Waals surface area contributed by atoms with E-state index in [4.69, 9.17) is 10.2 Å². The zero-order valence-corrected chi connectivity index (χ0v) is 6.87. The maximum Gasteiger partial charge on any atom is 0.328 e. The van der Waals surface area contributed by atoms with Gasteiger partial charge in [0, 0.05) is 17.7 Å². The van der Waals surface area contributed by atoms with Crippen LogP contribution in [0.25, 0.3) is 6.08 Å². The summed E-state index contributed by atoms with van der Waals surface area (Å²) in [5.41, 5.74) is -0.218. The van der Waals surface area contributed by atoms with Gasteiger partial charge >= 0.3 is 5.97 Å². The van der Waals surface area contributed by atoms with Crippen molar-refractivity contribution in [1.82, 2.24) is 0 Å². The van der Waals surface area contributed by atoms with Crippen molar-refractivity contribution in [3.63, 3.8) is 0 Å². The van der Waals surface area contributed by atoms with Crippen LogP contribution in [0.15, 0.2) is 18.2 Å². The molecule has 1 rings (SSSR count). The molecule has 0 atom stereocenters. The van der Waals surface area contributed by atoms with Crippen LogP contribution < -0.4 is 0 Å². The number of phenols is 1. The lowest BCUT2D eigenvalue weighted by molar-refractivity contribution is -0.131. The van der Waals surface area contributed by atoms with E-state index in [0.29, 0.717) is 12.1 Å². The number of hydrogen-bond acceptors (Lipinski definition) is 2. The Morgan fingerprint density at radius 3 is 2.57 bits per heavy atom. The molecule has 0 radical (unpaired) electrons. The first-order valence-electron chi connectivity index (χ1n) is 3.59. The molecule has 5 heteroatoms. The molecule has 0 saturated heterocycles. The van der Waals surface area contributed by atoms with Gasteiger partial charge < -0.3 is 10.2 Å². The minimum atomic E-state index is -1.27. The van der Waals surface area contributed by atoms with Crippen LogP contribution in [0.2, 0.25) is 0 Å². The van der Waals surface area contributed by atoms with Gasteiger partial charge in [-0.3, -0.25) is 0 Å². The van der Waals surface area contributed by atoms with Crippen molar-refractivity contribution in [1.29, 1.82) is 0 Å². The summed E-state index contributed by atoms with van der Waals surface area (Å²) in [5.74, 6) is -4.06. The van der Waals surface area contributed by atoms with Gasteiger partial charge in [0.25, 0.3) is 0 Å². The number of carbonyl (C=O) groups is 1. The fourth-order valence-electron chi connectivity index (χ4n) is 0.874. The molecule has 0 saturated carbocycles. The van der Waals surface area contributed by atoms with E-state index < -0.39 is 23.4 Å². The molecule has 0 bridgehead atoms. The minimum absolute atomic E-state index is 0.218. The molecule has 0 aromatic heterocycles. The molecule has 14 heavy (non-hydrogen) atoms. The average molecular weight is 200 g/mol. The van der Waals surface area contributed by atoms with E-state index in [2.05, 4.69) is 0 Å². The van der Waals surface area contributed by atoms with Crippen molar-refractivity contribution in [3.8, 4) is 5.75 Å². The Morgan fingerprint density at radius 2 is 2.00 bits per heavy atom. The number of aliphatic carboxylic acids is 1. The first-order chi connectivity index (χ1) is 6.50. The molecule has 0 aliphatic heterocycles. The van der Waals surface area contributed by atoms with E-state index in [1.165, 1.54) is 0 Å². The van der Waals surface area contributed by atoms with E-state index >= 15 is 0 Å². The van der Waals surface area contributed by atoms with Gasteiger partial charge in [0.1, 0.15) is 5.82 Å². The Balaban J connectivity index is 3.14. The molecule has 0 fully saturated rings. The van der Waals surface area contributed by atoms with E-state index in [1.807, 2.05) is 0 Å². The maximum absolute atomic E-state index is 12.7. The highest BCUT2D eigenvalue weighted by atomic mass is 19.1. The van der Waals surface area contributed by atoms with Crippen molar-refractivity contribution in [2.45, 2.75) is 0 Å². The van der Waals surface area contributed by atoms with E-state index in [0.717, 1.165) is 12.1 Å². The maximum atomic E-state index is 12.7. The molecule has 0 aliphatic rings. The van der Waals surface area contributed by atoms with Gasteiger partial charge in [-0.05, 0) is 12.1 Å². The predicted molar refractivity (Wildman–Crippen MR) is 44.7 cm³/mol. The van der Waals surface area contributed by atoms with Gasteiger partial charge in [0.15, 0.2) is 11.6 Å².